The van der Waals surface area contributed by atoms with Crippen LogP contribution in [0.3, 0.4) is 0 Å². The first kappa shape index (κ1) is 17.9. The van der Waals surface area contributed by atoms with Crippen LogP contribution in [0.5, 0.6) is 0 Å². The van der Waals surface area contributed by atoms with Gasteiger partial charge in [0.25, 0.3) is 11.6 Å². The van der Waals surface area contributed by atoms with Gasteiger partial charge in [0, 0.05) is 0 Å². The number of guanidine groups is 1. The van der Waals surface area contributed by atoms with E-state index in [2.05, 4.69) is 4.99 Å². The second kappa shape index (κ2) is 6.73. The Balaban J connectivity index is 3.25. The number of amides is 1. The fraction of sp³-hybridized carbons (Fsp3) is 0.600. The van der Waals surface area contributed by atoms with Gasteiger partial charge in [0.2, 0.25) is 5.96 Å². The number of aliphatic hydroxyl groups is 3. The van der Waals surface area contributed by atoms with Crippen LogP contribution in [0.1, 0.15) is 0 Å². The van der Waals surface area contributed by atoms with Crippen molar-refractivity contribution < 1.29 is 34.4 Å². The van der Waals surface area contributed by atoms with Gasteiger partial charge in [-0.3, -0.25) is 15.3 Å². The lowest BCUT2D eigenvalue weighted by Gasteiger charge is -2.26. The molecule has 0 saturated carbocycles. The van der Waals surface area contributed by atoms with E-state index >= 15 is 0 Å². The molecule has 0 aliphatic carbocycles. The maximum absolute atomic E-state index is 13.1. The van der Waals surface area contributed by atoms with Gasteiger partial charge in [-0.05, 0) is 0 Å². The Morgan fingerprint density at radius 3 is 2.55 bits per heavy atom. The highest BCUT2D eigenvalue weighted by Crippen LogP contribution is 2.39. The molecule has 22 heavy (non-hydrogen) atoms. The van der Waals surface area contributed by atoms with Crippen molar-refractivity contribution in [1.82, 2.24) is 10.8 Å². The summed E-state index contributed by atoms with van der Waals surface area (Å²) < 4.78 is 18.0. The summed E-state index contributed by atoms with van der Waals surface area (Å²) in [4.78, 5) is 14.4. The van der Waals surface area contributed by atoms with Crippen molar-refractivity contribution in [1.29, 1.82) is 10.7 Å². The van der Waals surface area contributed by atoms with Gasteiger partial charge < -0.3 is 25.5 Å². The minimum atomic E-state index is -2.60. The van der Waals surface area contributed by atoms with Gasteiger partial charge in [0.05, 0.1) is 12.8 Å². The number of aliphatic imine (C=N–C) groups is 1. The highest BCUT2D eigenvalue weighted by molar-refractivity contribution is 6.28. The van der Waals surface area contributed by atoms with Crippen LogP contribution in [0.2, 0.25) is 0 Å². The maximum atomic E-state index is 13.1. The number of carbonyl (C=O) groups excluding carboxylic acids is 1. The summed E-state index contributed by atoms with van der Waals surface area (Å²) >= 11 is 0. The first-order valence-corrected chi connectivity index (χ1v) is 5.80. The molecule has 11 nitrogen and oxygen atoms in total. The molecule has 0 aromatic rings. The molecule has 0 spiro atoms. The van der Waals surface area contributed by atoms with Crippen LogP contribution in [-0.4, -0.2) is 75.4 Å². The fourth-order valence-electron chi connectivity index (χ4n) is 1.81. The van der Waals surface area contributed by atoms with E-state index in [-0.39, 0.29) is 0 Å². The molecule has 1 amide bonds. The third-order valence-electron chi connectivity index (χ3n) is 3.01. The second-order valence-electron chi connectivity index (χ2n) is 4.36. The van der Waals surface area contributed by atoms with Gasteiger partial charge in [-0.25, -0.2) is 9.87 Å². The largest absolute Gasteiger partial charge is 0.393 e. The Morgan fingerprint density at radius 2 is 2.18 bits per heavy atom. The van der Waals surface area contributed by atoms with Crippen LogP contribution < -0.4 is 10.8 Å². The molecule has 1 heterocycles. The predicted octanol–water partition coefficient (Wildman–Crippen LogP) is -3.24. The first-order chi connectivity index (χ1) is 10.3. The van der Waals surface area contributed by atoms with Gasteiger partial charge in [0.1, 0.15) is 25.0 Å². The average Bonchev–Trinajstić information content (AvgIpc) is 2.76. The molecular weight excluding hydrogens is 305 g/mol. The van der Waals surface area contributed by atoms with Crippen LogP contribution in [0.15, 0.2) is 4.99 Å². The molecule has 122 valence electrons. The van der Waals surface area contributed by atoms with Crippen LogP contribution >= 0.6 is 0 Å². The lowest BCUT2D eigenvalue weighted by Crippen LogP contribution is -2.48. The standard InChI is InChI=1S/C10H14FN5O6/c11-2-9(4-17)6(19)7(20)10(3-13,22-9)15-8(16-21)14-5(18)1-12/h1,6-7,12,17,19-21H,2,4H2,(H2,14,15,16,18)/t6-,7+,9+,10+/m0/s1. The monoisotopic (exact) mass is 319 g/mol. The number of alkyl halides is 1. The molecule has 1 rings (SSSR count). The van der Waals surface area contributed by atoms with Crippen molar-refractivity contribution in [2.45, 2.75) is 23.5 Å². The number of ether oxygens (including phenoxy) is 1. The zero-order valence-electron chi connectivity index (χ0n) is 11.0. The van der Waals surface area contributed by atoms with Gasteiger partial charge in [-0.2, -0.15) is 10.3 Å². The predicted molar refractivity (Wildman–Crippen MR) is 66.5 cm³/mol. The summed E-state index contributed by atoms with van der Waals surface area (Å²) in [6.45, 7) is -2.50. The molecular formula is C10H14FN5O6. The van der Waals surface area contributed by atoms with Crippen LogP contribution in [-0.2, 0) is 9.53 Å². The van der Waals surface area contributed by atoms with E-state index in [0.29, 0.717) is 6.21 Å². The normalized spacial score (nSPS) is 34.8. The van der Waals surface area contributed by atoms with Gasteiger partial charge in [0.15, 0.2) is 5.60 Å². The molecule has 0 radical (unpaired) electrons. The molecule has 1 fully saturated rings. The van der Waals surface area contributed by atoms with E-state index in [1.54, 1.807) is 0 Å². The summed E-state index contributed by atoms with van der Waals surface area (Å²) in [5.41, 5.74) is -3.50. The smallest absolute Gasteiger partial charge is 0.281 e. The fourth-order valence-corrected chi connectivity index (χ4v) is 1.81. The van der Waals surface area contributed by atoms with Crippen molar-refractivity contribution >= 4 is 18.1 Å². The van der Waals surface area contributed by atoms with Crippen molar-refractivity contribution in [3.05, 3.63) is 0 Å². The quantitative estimate of drug-likeness (QED) is 0.160. The maximum Gasteiger partial charge on any atom is 0.281 e. The third-order valence-corrected chi connectivity index (χ3v) is 3.01. The number of carbonyl (C=O) groups is 1. The van der Waals surface area contributed by atoms with Crippen LogP contribution in [0, 0.1) is 16.7 Å². The minimum absolute atomic E-state index is 0.326. The number of hydrogen-bond donors (Lipinski definition) is 7. The Kier molecular flexibility index (Phi) is 5.47. The van der Waals surface area contributed by atoms with E-state index in [4.69, 9.17) is 25.7 Å². The molecule has 0 bridgehead atoms. The average molecular weight is 319 g/mol. The van der Waals surface area contributed by atoms with E-state index in [1.165, 1.54) is 11.5 Å². The summed E-state index contributed by atoms with van der Waals surface area (Å²) in [5, 5.41) is 55.3. The van der Waals surface area contributed by atoms with Gasteiger partial charge in [-0.1, -0.05) is 0 Å². The van der Waals surface area contributed by atoms with Crippen molar-refractivity contribution in [2.75, 3.05) is 13.3 Å². The molecule has 0 aromatic heterocycles. The molecule has 4 atom stereocenters. The lowest BCUT2D eigenvalue weighted by molar-refractivity contribution is -0.138. The second-order valence-corrected chi connectivity index (χ2v) is 4.36. The van der Waals surface area contributed by atoms with Gasteiger partial charge in [-0.15, -0.1) is 0 Å². The Bertz CT molecular complexity index is 518. The Hall–Kier alpha value is -2.17. The number of nitrogens with one attached hydrogen (secondary N) is 3. The number of nitriles is 1. The summed E-state index contributed by atoms with van der Waals surface area (Å²) in [6, 6.07) is 1.38. The van der Waals surface area contributed by atoms with Crippen molar-refractivity contribution in [3.63, 3.8) is 0 Å². The van der Waals surface area contributed by atoms with E-state index in [9.17, 15) is 19.4 Å². The zero-order valence-corrected chi connectivity index (χ0v) is 11.0. The number of rotatable bonds is 4. The topological polar surface area (TPSA) is 191 Å². The Morgan fingerprint density at radius 1 is 1.55 bits per heavy atom. The van der Waals surface area contributed by atoms with Crippen LogP contribution in [0.4, 0.5) is 4.39 Å². The van der Waals surface area contributed by atoms with Crippen molar-refractivity contribution in [2.24, 2.45) is 4.99 Å². The molecule has 1 aliphatic heterocycles. The molecule has 1 aliphatic rings. The minimum Gasteiger partial charge on any atom is -0.393 e. The van der Waals surface area contributed by atoms with Crippen molar-refractivity contribution in [3.8, 4) is 6.07 Å². The van der Waals surface area contributed by atoms with E-state index < -0.39 is 48.7 Å². The van der Waals surface area contributed by atoms with E-state index in [1.807, 2.05) is 5.32 Å². The summed E-state index contributed by atoms with van der Waals surface area (Å²) in [5.74, 6) is -1.84. The highest BCUT2D eigenvalue weighted by atomic mass is 19.1. The number of aliphatic hydroxyl groups excluding tert-OH is 3. The first-order valence-electron chi connectivity index (χ1n) is 5.80. The molecule has 7 N–H and O–H groups in total. The van der Waals surface area contributed by atoms with E-state index in [0.717, 1.165) is 0 Å². The summed E-state index contributed by atoms with van der Waals surface area (Å²) in [6.07, 6.45) is -3.75. The number of halogens is 1. The van der Waals surface area contributed by atoms with Crippen LogP contribution in [0.25, 0.3) is 0 Å². The Labute approximate surface area is 123 Å². The molecule has 12 heteroatoms. The zero-order chi connectivity index (χ0) is 17.0. The van der Waals surface area contributed by atoms with Gasteiger partial charge >= 0.3 is 0 Å². The number of hydroxylamine groups is 1. The lowest BCUT2D eigenvalue weighted by atomic mass is 9.95. The SMILES string of the molecule is N#C[C@@]1(N=C(NO)NC(=O)C=N)O[C@@](CO)(CF)[C@@H](O)[C@H]1O. The highest BCUT2D eigenvalue weighted by Gasteiger charge is 2.63. The molecule has 1 saturated heterocycles. The molecule has 0 unspecified atom stereocenters. The number of hydrogen-bond acceptors (Lipinski definition) is 9. The summed E-state index contributed by atoms with van der Waals surface area (Å²) in [7, 11) is 0. The third kappa shape index (κ3) is 2.89. The molecule has 0 aromatic carbocycles. The number of nitrogens with zero attached hydrogens (tertiary/aromatic N) is 2.